The van der Waals surface area contributed by atoms with Gasteiger partial charge in [-0.3, -0.25) is 4.90 Å². The van der Waals surface area contributed by atoms with Crippen LogP contribution in [0.15, 0.2) is 18.2 Å². The normalized spacial score (nSPS) is 17.3. The summed E-state index contributed by atoms with van der Waals surface area (Å²) in [5, 5.41) is 3.13. The fourth-order valence-corrected chi connectivity index (χ4v) is 2.71. The van der Waals surface area contributed by atoms with Crippen molar-refractivity contribution in [1.29, 1.82) is 0 Å². The number of halogens is 7. The van der Waals surface area contributed by atoms with E-state index in [0.29, 0.717) is 31.7 Å². The summed E-state index contributed by atoms with van der Waals surface area (Å²) in [6, 6.07) is 2.68. The van der Waals surface area contributed by atoms with Crippen molar-refractivity contribution in [2.45, 2.75) is 18.6 Å². The van der Waals surface area contributed by atoms with Crippen molar-refractivity contribution in [3.05, 3.63) is 34.6 Å². The monoisotopic (exact) mass is 382 g/mol. The maximum absolute atomic E-state index is 13.1. The number of hydrogen-bond donors (Lipinski definition) is 1. The van der Waals surface area contributed by atoms with Gasteiger partial charge in [-0.25, -0.2) is 4.39 Å². The average molecular weight is 384 g/mol. The molecule has 1 aromatic rings. The van der Waals surface area contributed by atoms with E-state index < -0.39 is 24.5 Å². The Hall–Kier alpha value is -0.270. The van der Waals surface area contributed by atoms with Gasteiger partial charge in [-0.15, -0.1) is 24.8 Å². The zero-order chi connectivity index (χ0) is 14.8. The van der Waals surface area contributed by atoms with E-state index in [2.05, 4.69) is 5.32 Å². The van der Waals surface area contributed by atoms with Crippen LogP contribution in [0.25, 0.3) is 0 Å². The Morgan fingerprint density at radius 2 is 1.77 bits per heavy atom. The number of hydrogen-bond acceptors (Lipinski definition) is 2. The molecular formula is C13H17Cl3F4N2. The zero-order valence-corrected chi connectivity index (χ0v) is 13.9. The highest BCUT2D eigenvalue weighted by Gasteiger charge is 2.36. The number of benzene rings is 1. The van der Waals surface area contributed by atoms with Crippen molar-refractivity contribution in [3.8, 4) is 0 Å². The lowest BCUT2D eigenvalue weighted by Crippen LogP contribution is -2.46. The minimum absolute atomic E-state index is 0. The standard InChI is InChI=1S/C13H15ClF4N2.2ClH/c14-11-7-9(15)1-2-10(11)12(8-13(16,17)18)20-5-3-19-4-6-20;;/h1-2,7,12,19H,3-6,8H2;2*1H/t12-;;/m0../s1. The number of nitrogens with one attached hydrogen (secondary N) is 1. The van der Waals surface area contributed by atoms with Crippen LogP contribution in [0.1, 0.15) is 18.0 Å². The second-order valence-electron chi connectivity index (χ2n) is 4.79. The number of rotatable bonds is 3. The first-order chi connectivity index (χ1) is 9.37. The van der Waals surface area contributed by atoms with E-state index in [1.807, 2.05) is 0 Å². The molecule has 0 spiro atoms. The van der Waals surface area contributed by atoms with E-state index >= 15 is 0 Å². The van der Waals surface area contributed by atoms with E-state index in [0.717, 1.165) is 12.1 Å². The van der Waals surface area contributed by atoms with Crippen LogP contribution >= 0.6 is 36.4 Å². The highest BCUT2D eigenvalue weighted by molar-refractivity contribution is 6.31. The summed E-state index contributed by atoms with van der Waals surface area (Å²) < 4.78 is 51.5. The molecule has 0 saturated carbocycles. The number of nitrogens with zero attached hydrogens (tertiary/aromatic N) is 1. The molecule has 1 aliphatic heterocycles. The molecule has 2 nitrogen and oxygen atoms in total. The maximum atomic E-state index is 13.1. The van der Waals surface area contributed by atoms with Crippen LogP contribution in [0.2, 0.25) is 5.02 Å². The molecule has 0 aromatic heterocycles. The molecule has 0 amide bonds. The molecule has 22 heavy (non-hydrogen) atoms. The minimum Gasteiger partial charge on any atom is -0.314 e. The minimum atomic E-state index is -4.30. The summed E-state index contributed by atoms with van der Waals surface area (Å²) in [5.41, 5.74) is 0.326. The van der Waals surface area contributed by atoms with Gasteiger partial charge in [-0.05, 0) is 17.7 Å². The first kappa shape index (κ1) is 21.7. The van der Waals surface area contributed by atoms with Gasteiger partial charge in [-0.1, -0.05) is 17.7 Å². The van der Waals surface area contributed by atoms with Gasteiger partial charge in [0.2, 0.25) is 0 Å². The van der Waals surface area contributed by atoms with Crippen molar-refractivity contribution in [2.75, 3.05) is 26.2 Å². The maximum Gasteiger partial charge on any atom is 0.390 e. The summed E-state index contributed by atoms with van der Waals surface area (Å²) in [6.07, 6.45) is -5.29. The molecule has 2 rings (SSSR count). The number of alkyl halides is 3. The summed E-state index contributed by atoms with van der Waals surface area (Å²) in [7, 11) is 0. The van der Waals surface area contributed by atoms with Crippen molar-refractivity contribution < 1.29 is 17.6 Å². The molecule has 1 aromatic carbocycles. The second-order valence-corrected chi connectivity index (χ2v) is 5.19. The van der Waals surface area contributed by atoms with Crippen LogP contribution in [0.5, 0.6) is 0 Å². The van der Waals surface area contributed by atoms with Gasteiger partial charge in [0.1, 0.15) is 5.82 Å². The van der Waals surface area contributed by atoms with Gasteiger partial charge in [0.05, 0.1) is 6.42 Å². The highest BCUT2D eigenvalue weighted by atomic mass is 35.5. The Labute approximate surface area is 144 Å². The molecule has 128 valence electrons. The molecule has 0 unspecified atom stereocenters. The van der Waals surface area contributed by atoms with Gasteiger partial charge >= 0.3 is 6.18 Å². The van der Waals surface area contributed by atoms with Crippen molar-refractivity contribution in [2.24, 2.45) is 0 Å². The molecule has 1 fully saturated rings. The van der Waals surface area contributed by atoms with E-state index in [-0.39, 0.29) is 29.8 Å². The first-order valence-electron chi connectivity index (χ1n) is 6.33. The highest BCUT2D eigenvalue weighted by Crippen LogP contribution is 2.37. The third kappa shape index (κ3) is 6.08. The largest absolute Gasteiger partial charge is 0.390 e. The van der Waals surface area contributed by atoms with Crippen LogP contribution in [0.4, 0.5) is 17.6 Å². The van der Waals surface area contributed by atoms with Crippen molar-refractivity contribution in [1.82, 2.24) is 10.2 Å². The summed E-state index contributed by atoms with van der Waals surface area (Å²) >= 11 is 5.92. The Morgan fingerprint density at radius 3 is 2.27 bits per heavy atom. The molecule has 9 heteroatoms. The molecule has 1 heterocycles. The predicted octanol–water partition coefficient (Wildman–Crippen LogP) is 4.22. The van der Waals surface area contributed by atoms with Crippen LogP contribution in [-0.2, 0) is 0 Å². The first-order valence-corrected chi connectivity index (χ1v) is 6.71. The summed E-state index contributed by atoms with van der Waals surface area (Å²) in [6.45, 7) is 2.28. The van der Waals surface area contributed by atoms with Crippen molar-refractivity contribution in [3.63, 3.8) is 0 Å². The molecule has 0 aliphatic carbocycles. The molecule has 1 atom stereocenters. The zero-order valence-electron chi connectivity index (χ0n) is 11.5. The Bertz CT molecular complexity index is 465. The van der Waals surface area contributed by atoms with Crippen LogP contribution in [0.3, 0.4) is 0 Å². The quantitative estimate of drug-likeness (QED) is 0.786. The Kier molecular flexibility index (Phi) is 9.02. The van der Waals surface area contributed by atoms with Gasteiger partial charge in [0, 0.05) is 37.2 Å². The van der Waals surface area contributed by atoms with Gasteiger partial charge in [0.25, 0.3) is 0 Å². The SMILES string of the molecule is Cl.Cl.Fc1ccc([C@H](CC(F)(F)F)N2CCNCC2)c(Cl)c1. The average Bonchev–Trinajstić information content (AvgIpc) is 2.36. The van der Waals surface area contributed by atoms with Crippen LogP contribution in [-0.4, -0.2) is 37.3 Å². The molecule has 0 radical (unpaired) electrons. The predicted molar refractivity (Wildman–Crippen MR) is 83.8 cm³/mol. The third-order valence-electron chi connectivity index (χ3n) is 3.34. The van der Waals surface area contributed by atoms with E-state index in [4.69, 9.17) is 11.6 Å². The number of piperazine rings is 1. The summed E-state index contributed by atoms with van der Waals surface area (Å²) in [5.74, 6) is -0.551. The van der Waals surface area contributed by atoms with E-state index in [9.17, 15) is 17.6 Å². The van der Waals surface area contributed by atoms with Crippen LogP contribution < -0.4 is 5.32 Å². The van der Waals surface area contributed by atoms with Crippen LogP contribution in [0, 0.1) is 5.82 Å². The van der Waals surface area contributed by atoms with Crippen molar-refractivity contribution >= 4 is 36.4 Å². The van der Waals surface area contributed by atoms with E-state index in [1.54, 1.807) is 4.90 Å². The van der Waals surface area contributed by atoms with Gasteiger partial charge < -0.3 is 5.32 Å². The molecular weight excluding hydrogens is 367 g/mol. The van der Waals surface area contributed by atoms with Gasteiger partial charge in [-0.2, -0.15) is 13.2 Å². The Balaban J connectivity index is 0.00000220. The topological polar surface area (TPSA) is 15.3 Å². The lowest BCUT2D eigenvalue weighted by molar-refractivity contribution is -0.148. The summed E-state index contributed by atoms with van der Waals surface area (Å²) in [4.78, 5) is 1.74. The molecule has 1 saturated heterocycles. The molecule has 1 aliphatic rings. The lowest BCUT2D eigenvalue weighted by Gasteiger charge is -2.36. The van der Waals surface area contributed by atoms with Gasteiger partial charge in [0.15, 0.2) is 0 Å². The third-order valence-corrected chi connectivity index (χ3v) is 3.67. The second kappa shape index (κ2) is 9.13. The smallest absolute Gasteiger partial charge is 0.314 e. The fourth-order valence-electron chi connectivity index (χ4n) is 2.42. The lowest BCUT2D eigenvalue weighted by atomic mass is 10.0. The fraction of sp³-hybridized carbons (Fsp3) is 0.538. The Morgan fingerprint density at radius 1 is 1.18 bits per heavy atom. The molecule has 0 bridgehead atoms. The molecule has 1 N–H and O–H groups in total. The van der Waals surface area contributed by atoms with E-state index in [1.165, 1.54) is 6.07 Å².